The lowest BCUT2D eigenvalue weighted by atomic mass is 10.1. The van der Waals surface area contributed by atoms with Crippen molar-refractivity contribution in [1.29, 1.82) is 0 Å². The standard InChI is InChI=1S/C18H35N3/c1-3-5-6-7-8-9-10-11-12-13-14-21-16-17(15-20-21)18(19)4-2/h15-16,18H,3-14,19H2,1-2H3. The average Bonchev–Trinajstić information content (AvgIpc) is 2.97. The van der Waals surface area contributed by atoms with Crippen LogP contribution in [0.25, 0.3) is 0 Å². The van der Waals surface area contributed by atoms with Crippen molar-refractivity contribution in [3.8, 4) is 0 Å². The van der Waals surface area contributed by atoms with E-state index in [1.807, 2.05) is 6.20 Å². The molecule has 0 amide bonds. The fraction of sp³-hybridized carbons (Fsp3) is 0.833. The largest absolute Gasteiger partial charge is 0.324 e. The summed E-state index contributed by atoms with van der Waals surface area (Å²) in [6.07, 6.45) is 18.8. The molecule has 0 bridgehead atoms. The third-order valence-corrected chi connectivity index (χ3v) is 4.26. The topological polar surface area (TPSA) is 43.8 Å². The maximum absolute atomic E-state index is 6.01. The summed E-state index contributed by atoms with van der Waals surface area (Å²) in [5, 5.41) is 4.40. The number of unbranched alkanes of at least 4 members (excludes halogenated alkanes) is 9. The van der Waals surface area contributed by atoms with E-state index in [0.717, 1.165) is 13.0 Å². The van der Waals surface area contributed by atoms with Gasteiger partial charge in [0.2, 0.25) is 0 Å². The number of aromatic nitrogens is 2. The molecule has 3 nitrogen and oxygen atoms in total. The third-order valence-electron chi connectivity index (χ3n) is 4.26. The van der Waals surface area contributed by atoms with Crippen molar-refractivity contribution in [2.45, 2.75) is 97.1 Å². The van der Waals surface area contributed by atoms with Crippen molar-refractivity contribution in [2.24, 2.45) is 5.73 Å². The highest BCUT2D eigenvalue weighted by molar-refractivity contribution is 5.09. The van der Waals surface area contributed by atoms with E-state index in [2.05, 4.69) is 29.8 Å². The van der Waals surface area contributed by atoms with Crippen LogP contribution >= 0.6 is 0 Å². The Balaban J connectivity index is 1.95. The van der Waals surface area contributed by atoms with Gasteiger partial charge >= 0.3 is 0 Å². The van der Waals surface area contributed by atoms with E-state index < -0.39 is 0 Å². The molecular formula is C18H35N3. The Bertz CT molecular complexity index is 346. The molecule has 0 saturated carbocycles. The molecule has 1 atom stereocenters. The fourth-order valence-corrected chi connectivity index (χ4v) is 2.69. The molecule has 1 heterocycles. The molecule has 0 saturated heterocycles. The molecule has 0 aliphatic rings. The van der Waals surface area contributed by atoms with E-state index >= 15 is 0 Å². The van der Waals surface area contributed by atoms with Crippen molar-refractivity contribution < 1.29 is 0 Å². The molecule has 21 heavy (non-hydrogen) atoms. The lowest BCUT2D eigenvalue weighted by Gasteiger charge is -2.04. The van der Waals surface area contributed by atoms with Crippen LogP contribution in [0.1, 0.15) is 96.1 Å². The maximum Gasteiger partial charge on any atom is 0.0537 e. The van der Waals surface area contributed by atoms with Gasteiger partial charge in [0.25, 0.3) is 0 Å². The molecule has 0 aliphatic carbocycles. The van der Waals surface area contributed by atoms with Gasteiger partial charge in [-0.15, -0.1) is 0 Å². The van der Waals surface area contributed by atoms with Gasteiger partial charge in [0, 0.05) is 24.3 Å². The first-order valence-electron chi connectivity index (χ1n) is 9.05. The number of aryl methyl sites for hydroxylation is 1. The number of nitrogens with two attached hydrogens (primary N) is 1. The molecule has 122 valence electrons. The van der Waals surface area contributed by atoms with E-state index in [1.54, 1.807) is 0 Å². The van der Waals surface area contributed by atoms with E-state index in [1.165, 1.54) is 69.8 Å². The summed E-state index contributed by atoms with van der Waals surface area (Å²) in [5.41, 5.74) is 7.18. The molecule has 1 aromatic heterocycles. The van der Waals surface area contributed by atoms with Crippen LogP contribution in [0.5, 0.6) is 0 Å². The highest BCUT2D eigenvalue weighted by Crippen LogP contribution is 2.13. The zero-order valence-electron chi connectivity index (χ0n) is 14.2. The summed E-state index contributed by atoms with van der Waals surface area (Å²) in [4.78, 5) is 0. The van der Waals surface area contributed by atoms with Gasteiger partial charge in [0.15, 0.2) is 0 Å². The summed E-state index contributed by atoms with van der Waals surface area (Å²) in [7, 11) is 0. The first-order valence-corrected chi connectivity index (χ1v) is 9.05. The molecule has 0 fully saturated rings. The molecule has 3 heteroatoms. The van der Waals surface area contributed by atoms with Crippen LogP contribution in [-0.2, 0) is 6.54 Å². The summed E-state index contributed by atoms with van der Waals surface area (Å²) >= 11 is 0. The van der Waals surface area contributed by atoms with Crippen LogP contribution in [0.4, 0.5) is 0 Å². The molecule has 2 N–H and O–H groups in total. The van der Waals surface area contributed by atoms with E-state index in [4.69, 9.17) is 5.73 Å². The Kier molecular flexibility index (Phi) is 10.2. The predicted molar refractivity (Wildman–Crippen MR) is 91.3 cm³/mol. The SMILES string of the molecule is CCCCCCCCCCCCn1cc(C(N)CC)cn1. The maximum atomic E-state index is 6.01. The molecular weight excluding hydrogens is 258 g/mol. The van der Waals surface area contributed by atoms with E-state index in [9.17, 15) is 0 Å². The Morgan fingerprint density at radius 2 is 1.52 bits per heavy atom. The Hall–Kier alpha value is -0.830. The van der Waals surface area contributed by atoms with Crippen molar-refractivity contribution in [3.05, 3.63) is 18.0 Å². The minimum Gasteiger partial charge on any atom is -0.324 e. The zero-order valence-corrected chi connectivity index (χ0v) is 14.2. The second-order valence-corrected chi connectivity index (χ2v) is 6.23. The van der Waals surface area contributed by atoms with Crippen LogP contribution < -0.4 is 5.73 Å². The van der Waals surface area contributed by atoms with Gasteiger partial charge in [-0.1, -0.05) is 71.6 Å². The van der Waals surface area contributed by atoms with Gasteiger partial charge in [-0.2, -0.15) is 5.10 Å². The molecule has 0 spiro atoms. The van der Waals surface area contributed by atoms with Crippen LogP contribution in [-0.4, -0.2) is 9.78 Å². The molecule has 1 aromatic rings. The van der Waals surface area contributed by atoms with Crippen molar-refractivity contribution in [1.82, 2.24) is 9.78 Å². The number of hydrogen-bond donors (Lipinski definition) is 1. The lowest BCUT2D eigenvalue weighted by molar-refractivity contribution is 0.515. The molecule has 0 aromatic carbocycles. The fourth-order valence-electron chi connectivity index (χ4n) is 2.69. The predicted octanol–water partition coefficient (Wildman–Crippen LogP) is 5.21. The van der Waals surface area contributed by atoms with Crippen molar-refractivity contribution in [3.63, 3.8) is 0 Å². The summed E-state index contributed by atoms with van der Waals surface area (Å²) < 4.78 is 2.05. The average molecular weight is 293 g/mol. The first kappa shape index (κ1) is 18.2. The minimum absolute atomic E-state index is 0.145. The highest BCUT2D eigenvalue weighted by atomic mass is 15.3. The number of rotatable bonds is 13. The molecule has 0 radical (unpaired) electrons. The van der Waals surface area contributed by atoms with Gasteiger partial charge in [-0.3, -0.25) is 4.68 Å². The normalized spacial score (nSPS) is 12.7. The summed E-state index contributed by atoms with van der Waals surface area (Å²) in [5.74, 6) is 0. The van der Waals surface area contributed by atoms with Crippen LogP contribution in [0.15, 0.2) is 12.4 Å². The van der Waals surface area contributed by atoms with Gasteiger partial charge in [-0.25, -0.2) is 0 Å². The number of nitrogens with zero attached hydrogens (tertiary/aromatic N) is 2. The Morgan fingerprint density at radius 3 is 2.10 bits per heavy atom. The van der Waals surface area contributed by atoms with E-state index in [-0.39, 0.29) is 6.04 Å². The zero-order chi connectivity index (χ0) is 15.3. The van der Waals surface area contributed by atoms with Gasteiger partial charge in [0.05, 0.1) is 6.20 Å². The minimum atomic E-state index is 0.145. The molecule has 1 rings (SSSR count). The lowest BCUT2D eigenvalue weighted by Crippen LogP contribution is -2.07. The second kappa shape index (κ2) is 11.8. The summed E-state index contributed by atoms with van der Waals surface area (Å²) in [6.45, 7) is 5.43. The summed E-state index contributed by atoms with van der Waals surface area (Å²) in [6, 6.07) is 0.145. The third kappa shape index (κ3) is 8.25. The smallest absolute Gasteiger partial charge is 0.0537 e. The van der Waals surface area contributed by atoms with Crippen LogP contribution in [0.2, 0.25) is 0 Å². The molecule has 0 aliphatic heterocycles. The second-order valence-electron chi connectivity index (χ2n) is 6.23. The van der Waals surface area contributed by atoms with Gasteiger partial charge in [0.1, 0.15) is 0 Å². The van der Waals surface area contributed by atoms with Crippen LogP contribution in [0, 0.1) is 0 Å². The van der Waals surface area contributed by atoms with Gasteiger partial charge in [-0.05, 0) is 12.8 Å². The quantitative estimate of drug-likeness (QED) is 0.507. The number of hydrogen-bond acceptors (Lipinski definition) is 2. The van der Waals surface area contributed by atoms with Crippen molar-refractivity contribution >= 4 is 0 Å². The first-order chi connectivity index (χ1) is 10.3. The molecule has 1 unspecified atom stereocenters. The van der Waals surface area contributed by atoms with Gasteiger partial charge < -0.3 is 5.73 Å². The van der Waals surface area contributed by atoms with Crippen molar-refractivity contribution in [2.75, 3.05) is 0 Å². The van der Waals surface area contributed by atoms with E-state index in [0.29, 0.717) is 0 Å². The highest BCUT2D eigenvalue weighted by Gasteiger charge is 2.05. The van der Waals surface area contributed by atoms with Crippen LogP contribution in [0.3, 0.4) is 0 Å². The Morgan fingerprint density at radius 1 is 0.952 bits per heavy atom. The Labute approximate surface area is 131 Å². The monoisotopic (exact) mass is 293 g/mol.